The number of hydrogen-bond acceptors (Lipinski definition) is 3. The molecule has 2 heterocycles. The van der Waals surface area contributed by atoms with Crippen LogP contribution in [0.5, 0.6) is 0 Å². The minimum atomic E-state index is -0.680. The van der Waals surface area contributed by atoms with Crippen LogP contribution in [-0.2, 0) is 4.79 Å². The predicted octanol–water partition coefficient (Wildman–Crippen LogP) is 0.925. The van der Waals surface area contributed by atoms with Crippen molar-refractivity contribution in [3.05, 3.63) is 0 Å². The van der Waals surface area contributed by atoms with Crippen LogP contribution in [-0.4, -0.2) is 48.2 Å². The molecule has 0 spiro atoms. The first-order valence-electron chi connectivity index (χ1n) is 6.44. The Morgan fingerprint density at radius 1 is 1.25 bits per heavy atom. The maximum Gasteiger partial charge on any atom is 0.317 e. The van der Waals surface area contributed by atoms with Gasteiger partial charge in [0, 0.05) is 6.04 Å². The first kappa shape index (κ1) is 11.9. The smallest absolute Gasteiger partial charge is 0.317 e. The molecule has 2 N–H and O–H groups in total. The predicted molar refractivity (Wildman–Crippen MR) is 62.4 cm³/mol. The third kappa shape index (κ3) is 2.95. The molecule has 4 nitrogen and oxygen atoms in total. The Labute approximate surface area is 97.0 Å². The maximum absolute atomic E-state index is 10.8. The summed E-state index contributed by atoms with van der Waals surface area (Å²) in [6.07, 6.45) is 6.04. The molecule has 0 aromatic carbocycles. The Bertz CT molecular complexity index is 239. The van der Waals surface area contributed by atoms with Crippen LogP contribution in [0, 0.1) is 5.92 Å². The van der Waals surface area contributed by atoms with Gasteiger partial charge in [-0.15, -0.1) is 0 Å². The van der Waals surface area contributed by atoms with Crippen molar-refractivity contribution >= 4 is 5.97 Å². The Hall–Kier alpha value is -0.610. The molecule has 92 valence electrons. The highest BCUT2D eigenvalue weighted by Crippen LogP contribution is 2.28. The fraction of sp³-hybridized carbons (Fsp3) is 0.917. The first-order chi connectivity index (χ1) is 7.77. The Kier molecular flexibility index (Phi) is 4.18. The minimum Gasteiger partial charge on any atom is -0.480 e. The standard InChI is InChI=1S/C12H22N2O2/c15-12(16)9-14-8-2-1-3-11(14)10-4-6-13-7-5-10/h10-11,13H,1-9H2,(H,15,16). The van der Waals surface area contributed by atoms with E-state index in [-0.39, 0.29) is 6.54 Å². The fourth-order valence-electron chi connectivity index (χ4n) is 3.15. The molecule has 0 aromatic rings. The van der Waals surface area contributed by atoms with Crippen LogP contribution in [0.3, 0.4) is 0 Å². The summed E-state index contributed by atoms with van der Waals surface area (Å²) >= 11 is 0. The second-order valence-corrected chi connectivity index (χ2v) is 5.01. The van der Waals surface area contributed by atoms with E-state index in [4.69, 9.17) is 5.11 Å². The summed E-state index contributed by atoms with van der Waals surface area (Å²) in [6.45, 7) is 3.40. The quantitative estimate of drug-likeness (QED) is 0.751. The minimum absolute atomic E-state index is 0.231. The topological polar surface area (TPSA) is 52.6 Å². The van der Waals surface area contributed by atoms with Crippen LogP contribution in [0.1, 0.15) is 32.1 Å². The molecule has 2 saturated heterocycles. The van der Waals surface area contributed by atoms with Gasteiger partial charge in [-0.05, 0) is 51.2 Å². The van der Waals surface area contributed by atoms with Crippen LogP contribution in [0.25, 0.3) is 0 Å². The van der Waals surface area contributed by atoms with Crippen molar-refractivity contribution in [1.82, 2.24) is 10.2 Å². The normalized spacial score (nSPS) is 29.1. The van der Waals surface area contributed by atoms with Gasteiger partial charge in [-0.3, -0.25) is 9.69 Å². The van der Waals surface area contributed by atoms with E-state index in [1.54, 1.807) is 0 Å². The molecule has 0 bridgehead atoms. The van der Waals surface area contributed by atoms with E-state index in [0.29, 0.717) is 12.0 Å². The average molecular weight is 226 g/mol. The molecular formula is C12H22N2O2. The van der Waals surface area contributed by atoms with Gasteiger partial charge in [0.15, 0.2) is 0 Å². The number of rotatable bonds is 3. The number of likely N-dealkylation sites (tertiary alicyclic amines) is 1. The summed E-state index contributed by atoms with van der Waals surface area (Å²) in [5.74, 6) is 0.0294. The molecular weight excluding hydrogens is 204 g/mol. The molecule has 1 atom stereocenters. The van der Waals surface area contributed by atoms with Gasteiger partial charge < -0.3 is 10.4 Å². The monoisotopic (exact) mass is 226 g/mol. The van der Waals surface area contributed by atoms with Crippen molar-refractivity contribution in [2.24, 2.45) is 5.92 Å². The van der Waals surface area contributed by atoms with Crippen molar-refractivity contribution in [3.63, 3.8) is 0 Å². The Morgan fingerprint density at radius 3 is 2.69 bits per heavy atom. The second kappa shape index (κ2) is 5.64. The van der Waals surface area contributed by atoms with Gasteiger partial charge in [-0.25, -0.2) is 0 Å². The average Bonchev–Trinajstić information content (AvgIpc) is 2.30. The van der Waals surface area contributed by atoms with E-state index in [1.165, 1.54) is 25.7 Å². The van der Waals surface area contributed by atoms with Gasteiger partial charge in [0.2, 0.25) is 0 Å². The number of nitrogens with zero attached hydrogens (tertiary/aromatic N) is 1. The highest BCUT2D eigenvalue weighted by molar-refractivity contribution is 5.69. The van der Waals surface area contributed by atoms with E-state index in [0.717, 1.165) is 26.1 Å². The SMILES string of the molecule is O=C(O)CN1CCCCC1C1CCNCC1. The Morgan fingerprint density at radius 2 is 2.00 bits per heavy atom. The van der Waals surface area contributed by atoms with Gasteiger partial charge in [0.1, 0.15) is 0 Å². The summed E-state index contributed by atoms with van der Waals surface area (Å²) in [6, 6.07) is 0.520. The molecule has 0 saturated carbocycles. The lowest BCUT2D eigenvalue weighted by atomic mass is 9.84. The second-order valence-electron chi connectivity index (χ2n) is 5.01. The van der Waals surface area contributed by atoms with Crippen molar-refractivity contribution in [1.29, 1.82) is 0 Å². The number of hydrogen-bond donors (Lipinski definition) is 2. The van der Waals surface area contributed by atoms with Crippen LogP contribution in [0.4, 0.5) is 0 Å². The molecule has 0 amide bonds. The zero-order chi connectivity index (χ0) is 11.4. The largest absolute Gasteiger partial charge is 0.480 e. The molecule has 0 aliphatic carbocycles. The lowest BCUT2D eigenvalue weighted by Crippen LogP contribution is -2.48. The third-order valence-corrected chi connectivity index (χ3v) is 3.93. The van der Waals surface area contributed by atoms with E-state index in [9.17, 15) is 4.79 Å². The summed E-state index contributed by atoms with van der Waals surface area (Å²) in [5.41, 5.74) is 0. The van der Waals surface area contributed by atoms with Crippen LogP contribution >= 0.6 is 0 Å². The summed E-state index contributed by atoms with van der Waals surface area (Å²) in [4.78, 5) is 13.0. The highest BCUT2D eigenvalue weighted by atomic mass is 16.4. The first-order valence-corrected chi connectivity index (χ1v) is 6.44. The molecule has 16 heavy (non-hydrogen) atoms. The highest BCUT2D eigenvalue weighted by Gasteiger charge is 2.31. The molecule has 0 radical (unpaired) electrons. The van der Waals surface area contributed by atoms with E-state index < -0.39 is 5.97 Å². The number of aliphatic carboxylic acids is 1. The van der Waals surface area contributed by atoms with E-state index in [2.05, 4.69) is 10.2 Å². The maximum atomic E-state index is 10.8. The number of carbonyl (C=O) groups is 1. The van der Waals surface area contributed by atoms with Gasteiger partial charge in [-0.2, -0.15) is 0 Å². The molecule has 2 rings (SSSR count). The number of piperidine rings is 2. The van der Waals surface area contributed by atoms with Crippen molar-refractivity contribution in [2.45, 2.75) is 38.1 Å². The zero-order valence-electron chi connectivity index (χ0n) is 9.82. The molecule has 2 fully saturated rings. The van der Waals surface area contributed by atoms with Gasteiger partial charge in [-0.1, -0.05) is 6.42 Å². The zero-order valence-corrected chi connectivity index (χ0v) is 9.82. The van der Waals surface area contributed by atoms with Crippen molar-refractivity contribution in [2.75, 3.05) is 26.2 Å². The van der Waals surface area contributed by atoms with Crippen LogP contribution in [0.2, 0.25) is 0 Å². The molecule has 0 aromatic heterocycles. The Balaban J connectivity index is 1.94. The van der Waals surface area contributed by atoms with Crippen LogP contribution < -0.4 is 5.32 Å². The summed E-state index contributed by atoms with van der Waals surface area (Å²) < 4.78 is 0. The summed E-state index contributed by atoms with van der Waals surface area (Å²) in [5, 5.41) is 12.3. The lowest BCUT2D eigenvalue weighted by Gasteiger charge is -2.41. The van der Waals surface area contributed by atoms with Gasteiger partial charge >= 0.3 is 5.97 Å². The molecule has 1 unspecified atom stereocenters. The molecule has 2 aliphatic rings. The van der Waals surface area contributed by atoms with Crippen molar-refractivity contribution < 1.29 is 9.90 Å². The molecule has 4 heteroatoms. The van der Waals surface area contributed by atoms with E-state index >= 15 is 0 Å². The molecule has 2 aliphatic heterocycles. The van der Waals surface area contributed by atoms with Crippen LogP contribution in [0.15, 0.2) is 0 Å². The number of carboxylic acids is 1. The van der Waals surface area contributed by atoms with Crippen molar-refractivity contribution in [3.8, 4) is 0 Å². The number of carboxylic acid groups (broad SMARTS) is 1. The fourth-order valence-corrected chi connectivity index (χ4v) is 3.15. The van der Waals surface area contributed by atoms with Gasteiger partial charge in [0.05, 0.1) is 6.54 Å². The third-order valence-electron chi connectivity index (χ3n) is 3.93. The summed E-state index contributed by atoms with van der Waals surface area (Å²) in [7, 11) is 0. The number of nitrogens with one attached hydrogen (secondary N) is 1. The lowest BCUT2D eigenvalue weighted by molar-refractivity contribution is -0.139. The van der Waals surface area contributed by atoms with Gasteiger partial charge in [0.25, 0.3) is 0 Å². The van der Waals surface area contributed by atoms with E-state index in [1.807, 2.05) is 0 Å².